The van der Waals surface area contributed by atoms with Gasteiger partial charge in [-0.15, -0.1) is 0 Å². The summed E-state index contributed by atoms with van der Waals surface area (Å²) in [5.41, 5.74) is 6.84. The predicted octanol–water partition coefficient (Wildman–Crippen LogP) is 1.69. The zero-order valence-electron chi connectivity index (χ0n) is 12.8. The lowest BCUT2D eigenvalue weighted by Gasteiger charge is -2.34. The van der Waals surface area contributed by atoms with E-state index in [1.807, 2.05) is 31.2 Å². The molecule has 21 heavy (non-hydrogen) atoms. The highest BCUT2D eigenvalue weighted by Crippen LogP contribution is 2.17. The quantitative estimate of drug-likeness (QED) is 0.866. The van der Waals surface area contributed by atoms with E-state index >= 15 is 0 Å². The molecule has 1 aliphatic rings. The molecule has 1 saturated heterocycles. The smallest absolute Gasteiger partial charge is 0.238 e. The lowest BCUT2D eigenvalue weighted by molar-refractivity contribution is -0.117. The number of nitrogens with one attached hydrogen (secondary N) is 1. The average Bonchev–Trinajstić information content (AvgIpc) is 2.45. The number of anilines is 1. The molecule has 1 aliphatic heterocycles. The first-order valence-corrected chi connectivity index (χ1v) is 7.59. The number of piperidine rings is 1. The molecule has 0 aromatic heterocycles. The summed E-state index contributed by atoms with van der Waals surface area (Å²) in [6.07, 6.45) is 1.05. The van der Waals surface area contributed by atoms with Crippen LogP contribution in [0.2, 0.25) is 0 Å². The van der Waals surface area contributed by atoms with Crippen molar-refractivity contribution in [2.24, 2.45) is 11.7 Å². The Morgan fingerprint density at radius 2 is 2.14 bits per heavy atom. The van der Waals surface area contributed by atoms with Crippen LogP contribution in [0.15, 0.2) is 24.3 Å². The molecule has 1 amide bonds. The van der Waals surface area contributed by atoms with Crippen molar-refractivity contribution in [3.05, 3.63) is 24.3 Å². The van der Waals surface area contributed by atoms with E-state index in [1.54, 1.807) is 0 Å². The molecule has 0 bridgehead atoms. The van der Waals surface area contributed by atoms with Gasteiger partial charge in [0, 0.05) is 18.3 Å². The van der Waals surface area contributed by atoms with Gasteiger partial charge in [-0.05, 0) is 50.1 Å². The van der Waals surface area contributed by atoms with Gasteiger partial charge in [-0.2, -0.15) is 0 Å². The Bertz CT molecular complexity index is 461. The maximum atomic E-state index is 12.1. The molecule has 0 saturated carbocycles. The monoisotopic (exact) mass is 291 g/mol. The second kappa shape index (κ2) is 7.43. The van der Waals surface area contributed by atoms with Crippen molar-refractivity contribution < 1.29 is 9.53 Å². The Balaban J connectivity index is 1.81. The van der Waals surface area contributed by atoms with E-state index in [0.29, 0.717) is 19.1 Å². The first-order chi connectivity index (χ1) is 10.1. The van der Waals surface area contributed by atoms with E-state index in [2.05, 4.69) is 17.1 Å². The molecule has 2 unspecified atom stereocenters. The first-order valence-electron chi connectivity index (χ1n) is 7.59. The summed E-state index contributed by atoms with van der Waals surface area (Å²) in [4.78, 5) is 14.2. The summed E-state index contributed by atoms with van der Waals surface area (Å²) < 4.78 is 5.37. The van der Waals surface area contributed by atoms with Gasteiger partial charge in [0.05, 0.1) is 13.2 Å². The highest BCUT2D eigenvalue weighted by Gasteiger charge is 2.24. The third-order valence-corrected chi connectivity index (χ3v) is 3.92. The second-order valence-electron chi connectivity index (χ2n) is 5.67. The van der Waals surface area contributed by atoms with Crippen LogP contribution in [0.3, 0.4) is 0 Å². The van der Waals surface area contributed by atoms with Crippen molar-refractivity contribution in [1.29, 1.82) is 0 Å². The fourth-order valence-electron chi connectivity index (χ4n) is 2.52. The van der Waals surface area contributed by atoms with Crippen molar-refractivity contribution >= 4 is 11.6 Å². The average molecular weight is 291 g/mol. The molecule has 1 fully saturated rings. The van der Waals surface area contributed by atoms with Gasteiger partial charge >= 0.3 is 0 Å². The van der Waals surface area contributed by atoms with Crippen molar-refractivity contribution in [2.75, 3.05) is 31.6 Å². The summed E-state index contributed by atoms with van der Waals surface area (Å²) in [6, 6.07) is 7.59. The number of amides is 1. The molecule has 2 atom stereocenters. The Kier molecular flexibility index (Phi) is 5.59. The Morgan fingerprint density at radius 1 is 1.43 bits per heavy atom. The zero-order valence-corrected chi connectivity index (χ0v) is 12.8. The zero-order chi connectivity index (χ0) is 15.2. The van der Waals surface area contributed by atoms with Crippen molar-refractivity contribution in [2.45, 2.75) is 26.3 Å². The maximum Gasteiger partial charge on any atom is 0.238 e. The summed E-state index contributed by atoms with van der Waals surface area (Å²) in [5, 5.41) is 2.91. The molecular weight excluding hydrogens is 266 g/mol. The molecule has 0 aliphatic carbocycles. The SMILES string of the molecule is CCOc1ccc(NC(=O)CN2CCC(C)C(N)C2)cc1. The summed E-state index contributed by atoms with van der Waals surface area (Å²) in [6.45, 7) is 6.87. The van der Waals surface area contributed by atoms with Gasteiger partial charge in [-0.1, -0.05) is 6.92 Å². The summed E-state index contributed by atoms with van der Waals surface area (Å²) >= 11 is 0. The molecule has 5 heteroatoms. The van der Waals surface area contributed by atoms with Crippen LogP contribution in [0.25, 0.3) is 0 Å². The number of carbonyl (C=O) groups excluding carboxylic acids is 1. The molecule has 1 aromatic carbocycles. The van der Waals surface area contributed by atoms with Crippen LogP contribution in [0, 0.1) is 5.92 Å². The Labute approximate surface area is 126 Å². The second-order valence-corrected chi connectivity index (χ2v) is 5.67. The van der Waals surface area contributed by atoms with Gasteiger partial charge in [0.1, 0.15) is 5.75 Å². The number of carbonyl (C=O) groups is 1. The first kappa shape index (κ1) is 15.8. The predicted molar refractivity (Wildman–Crippen MR) is 84.4 cm³/mol. The number of hydrogen-bond acceptors (Lipinski definition) is 4. The van der Waals surface area contributed by atoms with Gasteiger partial charge in [0.2, 0.25) is 5.91 Å². The highest BCUT2D eigenvalue weighted by molar-refractivity contribution is 5.92. The number of ether oxygens (including phenoxy) is 1. The maximum absolute atomic E-state index is 12.1. The minimum atomic E-state index is 0.000845. The van der Waals surface area contributed by atoms with E-state index in [1.165, 1.54) is 0 Å². The van der Waals surface area contributed by atoms with Crippen LogP contribution < -0.4 is 15.8 Å². The Hall–Kier alpha value is -1.59. The fourth-order valence-corrected chi connectivity index (χ4v) is 2.52. The van der Waals surface area contributed by atoms with Crippen LogP contribution in [0.4, 0.5) is 5.69 Å². The number of nitrogens with zero attached hydrogens (tertiary/aromatic N) is 1. The molecule has 1 heterocycles. The molecule has 0 spiro atoms. The molecule has 2 rings (SSSR count). The largest absolute Gasteiger partial charge is 0.494 e. The Morgan fingerprint density at radius 3 is 2.76 bits per heavy atom. The molecule has 1 aromatic rings. The van der Waals surface area contributed by atoms with Crippen LogP contribution in [-0.4, -0.2) is 43.1 Å². The molecular formula is C16H25N3O2. The number of nitrogens with two attached hydrogens (primary N) is 1. The van der Waals surface area contributed by atoms with E-state index in [-0.39, 0.29) is 11.9 Å². The molecule has 116 valence electrons. The van der Waals surface area contributed by atoms with Crippen LogP contribution >= 0.6 is 0 Å². The van der Waals surface area contributed by atoms with E-state index < -0.39 is 0 Å². The van der Waals surface area contributed by atoms with E-state index in [4.69, 9.17) is 10.5 Å². The number of hydrogen-bond donors (Lipinski definition) is 2. The van der Waals surface area contributed by atoms with Crippen LogP contribution in [-0.2, 0) is 4.79 Å². The van der Waals surface area contributed by atoms with Crippen LogP contribution in [0.1, 0.15) is 20.3 Å². The summed E-state index contributed by atoms with van der Waals surface area (Å²) in [7, 11) is 0. The number of likely N-dealkylation sites (tertiary alicyclic amines) is 1. The van der Waals surface area contributed by atoms with E-state index in [9.17, 15) is 4.79 Å². The van der Waals surface area contributed by atoms with E-state index in [0.717, 1.165) is 30.9 Å². The minimum Gasteiger partial charge on any atom is -0.494 e. The van der Waals surface area contributed by atoms with Gasteiger partial charge in [0.25, 0.3) is 0 Å². The van der Waals surface area contributed by atoms with Crippen molar-refractivity contribution in [3.8, 4) is 5.75 Å². The van der Waals surface area contributed by atoms with Crippen molar-refractivity contribution in [3.63, 3.8) is 0 Å². The topological polar surface area (TPSA) is 67.6 Å². The highest BCUT2D eigenvalue weighted by atomic mass is 16.5. The third kappa shape index (κ3) is 4.72. The third-order valence-electron chi connectivity index (χ3n) is 3.92. The normalized spacial score (nSPS) is 22.8. The van der Waals surface area contributed by atoms with Gasteiger partial charge in [-0.25, -0.2) is 0 Å². The standard InChI is InChI=1S/C16H25N3O2/c1-3-21-14-6-4-13(5-7-14)18-16(20)11-19-9-8-12(2)15(17)10-19/h4-7,12,15H,3,8-11,17H2,1-2H3,(H,18,20). The molecule has 5 nitrogen and oxygen atoms in total. The number of benzene rings is 1. The van der Waals surface area contributed by atoms with Crippen LogP contribution in [0.5, 0.6) is 5.75 Å². The lowest BCUT2D eigenvalue weighted by atomic mass is 9.94. The summed E-state index contributed by atoms with van der Waals surface area (Å²) in [5.74, 6) is 1.35. The van der Waals surface area contributed by atoms with Crippen molar-refractivity contribution in [1.82, 2.24) is 4.90 Å². The number of rotatable bonds is 5. The van der Waals surface area contributed by atoms with Gasteiger partial charge < -0.3 is 15.8 Å². The molecule has 0 radical (unpaired) electrons. The fraction of sp³-hybridized carbons (Fsp3) is 0.562. The molecule has 3 N–H and O–H groups in total. The minimum absolute atomic E-state index is 0.000845. The lowest BCUT2D eigenvalue weighted by Crippen LogP contribution is -2.49. The van der Waals surface area contributed by atoms with Gasteiger partial charge in [0.15, 0.2) is 0 Å². The van der Waals surface area contributed by atoms with Gasteiger partial charge in [-0.3, -0.25) is 9.69 Å².